The molecule has 0 amide bonds. The Morgan fingerprint density at radius 2 is 2.14 bits per heavy atom. The van der Waals surface area contributed by atoms with Crippen LogP contribution in [0.1, 0.15) is 11.7 Å². The van der Waals surface area contributed by atoms with Gasteiger partial charge in [-0.25, -0.2) is 0 Å². The molecule has 2 atom stereocenters. The summed E-state index contributed by atoms with van der Waals surface area (Å²) in [5.41, 5.74) is 1.24. The molecule has 2 heteroatoms. The molecule has 1 aromatic rings. The standard InChI is InChI=1S/C12H14O2/c1-2-8-13-9-11-12(14-11)10-6-4-3-5-7-10/h2-7,11-12H,1,8-9H2/t11-,12-/m1/s1. The third kappa shape index (κ3) is 2.22. The summed E-state index contributed by atoms with van der Waals surface area (Å²) >= 11 is 0. The molecule has 0 saturated carbocycles. The first kappa shape index (κ1) is 9.44. The van der Waals surface area contributed by atoms with Crippen LogP contribution in [0.2, 0.25) is 0 Å². The van der Waals surface area contributed by atoms with Crippen LogP contribution in [0.4, 0.5) is 0 Å². The lowest BCUT2D eigenvalue weighted by Crippen LogP contribution is -2.02. The maximum Gasteiger partial charge on any atom is 0.112 e. The Bertz CT molecular complexity index is 294. The predicted molar refractivity (Wildman–Crippen MR) is 55.1 cm³/mol. The SMILES string of the molecule is C=CCOC[C@H]1O[C@@H]1c1ccccc1. The summed E-state index contributed by atoms with van der Waals surface area (Å²) in [6.07, 6.45) is 2.22. The molecule has 0 radical (unpaired) electrons. The molecule has 1 aromatic carbocycles. The van der Waals surface area contributed by atoms with Crippen molar-refractivity contribution < 1.29 is 9.47 Å². The van der Waals surface area contributed by atoms with Gasteiger partial charge in [-0.2, -0.15) is 0 Å². The van der Waals surface area contributed by atoms with Gasteiger partial charge in [-0.15, -0.1) is 6.58 Å². The zero-order valence-corrected chi connectivity index (χ0v) is 8.06. The van der Waals surface area contributed by atoms with Gasteiger partial charge < -0.3 is 9.47 Å². The first-order valence-electron chi connectivity index (χ1n) is 4.81. The van der Waals surface area contributed by atoms with E-state index in [1.807, 2.05) is 18.2 Å². The van der Waals surface area contributed by atoms with Gasteiger partial charge in [0.2, 0.25) is 0 Å². The number of hydrogen-bond donors (Lipinski definition) is 0. The predicted octanol–water partition coefficient (Wildman–Crippen LogP) is 2.33. The van der Waals surface area contributed by atoms with E-state index in [9.17, 15) is 0 Å². The summed E-state index contributed by atoms with van der Waals surface area (Å²) in [4.78, 5) is 0. The number of ether oxygens (including phenoxy) is 2. The molecule has 1 saturated heterocycles. The second-order valence-electron chi connectivity index (χ2n) is 3.33. The van der Waals surface area contributed by atoms with Gasteiger partial charge in [0.25, 0.3) is 0 Å². The van der Waals surface area contributed by atoms with E-state index in [2.05, 4.69) is 18.7 Å². The van der Waals surface area contributed by atoms with Crippen molar-refractivity contribution in [1.29, 1.82) is 0 Å². The van der Waals surface area contributed by atoms with Crippen molar-refractivity contribution in [2.24, 2.45) is 0 Å². The van der Waals surface area contributed by atoms with Gasteiger partial charge in [0, 0.05) is 0 Å². The van der Waals surface area contributed by atoms with Crippen molar-refractivity contribution >= 4 is 0 Å². The molecule has 1 aliphatic rings. The third-order valence-electron chi connectivity index (χ3n) is 2.23. The summed E-state index contributed by atoms with van der Waals surface area (Å²) in [5.74, 6) is 0. The van der Waals surface area contributed by atoms with E-state index < -0.39 is 0 Å². The van der Waals surface area contributed by atoms with E-state index >= 15 is 0 Å². The molecule has 2 nitrogen and oxygen atoms in total. The highest BCUT2D eigenvalue weighted by atomic mass is 16.6. The van der Waals surface area contributed by atoms with Crippen LogP contribution >= 0.6 is 0 Å². The van der Waals surface area contributed by atoms with Gasteiger partial charge in [-0.05, 0) is 5.56 Å². The Kier molecular flexibility index (Phi) is 2.96. The fraction of sp³-hybridized carbons (Fsp3) is 0.333. The maximum absolute atomic E-state index is 5.49. The van der Waals surface area contributed by atoms with Crippen LogP contribution in [0.15, 0.2) is 43.0 Å². The molecule has 0 spiro atoms. The fourth-order valence-corrected chi connectivity index (χ4v) is 1.47. The van der Waals surface area contributed by atoms with Crippen LogP contribution in [0.5, 0.6) is 0 Å². The topological polar surface area (TPSA) is 21.8 Å². The monoisotopic (exact) mass is 190 g/mol. The van der Waals surface area contributed by atoms with Gasteiger partial charge in [-0.3, -0.25) is 0 Å². The summed E-state index contributed by atoms with van der Waals surface area (Å²) in [6.45, 7) is 4.85. The molecular formula is C12H14O2. The molecular weight excluding hydrogens is 176 g/mol. The molecule has 0 aromatic heterocycles. The summed E-state index contributed by atoms with van der Waals surface area (Å²) in [5, 5.41) is 0. The quantitative estimate of drug-likeness (QED) is 0.404. The zero-order chi connectivity index (χ0) is 9.80. The van der Waals surface area contributed by atoms with Gasteiger partial charge in [-0.1, -0.05) is 36.4 Å². The smallest absolute Gasteiger partial charge is 0.112 e. The second kappa shape index (κ2) is 4.40. The molecule has 0 aliphatic carbocycles. The molecule has 2 rings (SSSR count). The van der Waals surface area contributed by atoms with Gasteiger partial charge in [0.05, 0.1) is 13.2 Å². The summed E-state index contributed by atoms with van der Waals surface area (Å²) in [7, 11) is 0. The highest BCUT2D eigenvalue weighted by Crippen LogP contribution is 2.38. The molecule has 14 heavy (non-hydrogen) atoms. The van der Waals surface area contributed by atoms with Crippen LogP contribution in [0, 0.1) is 0 Å². The molecule has 1 fully saturated rings. The average Bonchev–Trinajstić information content (AvgIpc) is 2.99. The molecule has 1 heterocycles. The lowest BCUT2D eigenvalue weighted by atomic mass is 10.1. The minimum absolute atomic E-state index is 0.234. The van der Waals surface area contributed by atoms with E-state index in [-0.39, 0.29) is 12.2 Å². The zero-order valence-electron chi connectivity index (χ0n) is 8.06. The van der Waals surface area contributed by atoms with Crippen molar-refractivity contribution in [3.8, 4) is 0 Å². The van der Waals surface area contributed by atoms with Crippen LogP contribution in [-0.2, 0) is 9.47 Å². The normalized spacial score (nSPS) is 24.6. The second-order valence-corrected chi connectivity index (χ2v) is 3.33. The molecule has 0 bridgehead atoms. The number of rotatable bonds is 5. The Balaban J connectivity index is 1.79. The molecule has 0 unspecified atom stereocenters. The highest BCUT2D eigenvalue weighted by Gasteiger charge is 2.39. The summed E-state index contributed by atoms with van der Waals surface area (Å²) in [6, 6.07) is 10.2. The summed E-state index contributed by atoms with van der Waals surface area (Å²) < 4.78 is 10.8. The third-order valence-corrected chi connectivity index (χ3v) is 2.23. The number of benzene rings is 1. The largest absolute Gasteiger partial charge is 0.375 e. The van der Waals surface area contributed by atoms with Crippen molar-refractivity contribution in [2.75, 3.05) is 13.2 Å². The van der Waals surface area contributed by atoms with Gasteiger partial charge in [0.1, 0.15) is 12.2 Å². The fourth-order valence-electron chi connectivity index (χ4n) is 1.47. The van der Waals surface area contributed by atoms with E-state index in [1.165, 1.54) is 5.56 Å². The van der Waals surface area contributed by atoms with Crippen LogP contribution in [0.25, 0.3) is 0 Å². The first-order chi connectivity index (χ1) is 6.92. The minimum Gasteiger partial charge on any atom is -0.375 e. The van der Waals surface area contributed by atoms with E-state index in [0.717, 1.165) is 0 Å². The Hall–Kier alpha value is -1.12. The average molecular weight is 190 g/mol. The molecule has 0 N–H and O–H groups in total. The van der Waals surface area contributed by atoms with Crippen molar-refractivity contribution in [2.45, 2.75) is 12.2 Å². The van der Waals surface area contributed by atoms with E-state index in [4.69, 9.17) is 9.47 Å². The molecule has 74 valence electrons. The van der Waals surface area contributed by atoms with E-state index in [0.29, 0.717) is 13.2 Å². The first-order valence-corrected chi connectivity index (χ1v) is 4.81. The maximum atomic E-state index is 5.49. The van der Waals surface area contributed by atoms with Crippen molar-refractivity contribution in [3.63, 3.8) is 0 Å². The number of hydrogen-bond acceptors (Lipinski definition) is 2. The Morgan fingerprint density at radius 1 is 1.36 bits per heavy atom. The Labute approximate surface area is 84.2 Å². The van der Waals surface area contributed by atoms with Gasteiger partial charge >= 0.3 is 0 Å². The molecule has 1 aliphatic heterocycles. The highest BCUT2D eigenvalue weighted by molar-refractivity contribution is 5.22. The van der Waals surface area contributed by atoms with Crippen molar-refractivity contribution in [1.82, 2.24) is 0 Å². The van der Waals surface area contributed by atoms with Crippen molar-refractivity contribution in [3.05, 3.63) is 48.6 Å². The van der Waals surface area contributed by atoms with Crippen LogP contribution < -0.4 is 0 Å². The minimum atomic E-state index is 0.234. The van der Waals surface area contributed by atoms with Crippen LogP contribution in [0.3, 0.4) is 0 Å². The van der Waals surface area contributed by atoms with E-state index in [1.54, 1.807) is 6.08 Å². The lowest BCUT2D eigenvalue weighted by molar-refractivity contribution is 0.141. The Morgan fingerprint density at radius 3 is 2.86 bits per heavy atom. The lowest BCUT2D eigenvalue weighted by Gasteiger charge is -1.96. The van der Waals surface area contributed by atoms with Gasteiger partial charge in [0.15, 0.2) is 0 Å². The van der Waals surface area contributed by atoms with Crippen LogP contribution in [-0.4, -0.2) is 19.3 Å². The number of epoxide rings is 1.